The van der Waals surface area contributed by atoms with Crippen molar-refractivity contribution < 1.29 is 4.74 Å². The number of ether oxygens (including phenoxy) is 1. The van der Waals surface area contributed by atoms with Crippen LogP contribution >= 0.6 is 11.3 Å². The number of hydrogen-bond donors (Lipinski definition) is 2. The van der Waals surface area contributed by atoms with Crippen LogP contribution in [0.2, 0.25) is 0 Å². The molecule has 3 rings (SSSR count). The normalized spacial score (nSPS) is 11.3. The Morgan fingerprint density at radius 3 is 2.29 bits per heavy atom. The van der Waals surface area contributed by atoms with Crippen LogP contribution in [0.3, 0.4) is 0 Å². The second kappa shape index (κ2) is 6.45. The van der Waals surface area contributed by atoms with Gasteiger partial charge in [0.05, 0.1) is 23.0 Å². The maximum Gasteiger partial charge on any atom is 0.322 e. The van der Waals surface area contributed by atoms with Crippen LogP contribution in [0.25, 0.3) is 10.4 Å². The summed E-state index contributed by atoms with van der Waals surface area (Å²) in [5.41, 5.74) is 7.13. The van der Waals surface area contributed by atoms with E-state index in [1.54, 1.807) is 11.3 Å². The third kappa shape index (κ3) is 4.20. The number of benzene rings is 1. The summed E-state index contributed by atoms with van der Waals surface area (Å²) in [5.74, 6) is 0.668. The van der Waals surface area contributed by atoms with Crippen LogP contribution in [-0.2, 0) is 0 Å². The smallest absolute Gasteiger partial charge is 0.322 e. The zero-order valence-corrected chi connectivity index (χ0v) is 14.6. The minimum absolute atomic E-state index is 0.00804. The van der Waals surface area contributed by atoms with Crippen LogP contribution in [0.15, 0.2) is 42.9 Å². The molecule has 0 bridgehead atoms. The molecule has 3 aromatic rings. The molecule has 0 radical (unpaired) electrons. The minimum atomic E-state index is -0.00804. The van der Waals surface area contributed by atoms with Gasteiger partial charge in [-0.15, -0.1) is 0 Å². The molecule has 0 fully saturated rings. The van der Waals surface area contributed by atoms with Gasteiger partial charge in [-0.05, 0) is 50.6 Å². The quantitative estimate of drug-likeness (QED) is 0.740. The number of nitrogens with two attached hydrogens (primary N) is 1. The lowest BCUT2D eigenvalue weighted by atomic mass is 10.1. The Kier molecular flexibility index (Phi) is 4.35. The summed E-state index contributed by atoms with van der Waals surface area (Å²) in [4.78, 5) is 13.5. The summed E-state index contributed by atoms with van der Waals surface area (Å²) >= 11 is 1.62. The number of nitrogens with zero attached hydrogens (tertiary/aromatic N) is 3. The second-order valence-electron chi connectivity index (χ2n) is 6.33. The SMILES string of the molecule is CC(C)(C)Nc1ncc(-c2ccc(Oc3ncc(N)cn3)cc2)s1. The average Bonchev–Trinajstić information content (AvgIpc) is 2.97. The van der Waals surface area contributed by atoms with Gasteiger partial charge in [-0.25, -0.2) is 15.0 Å². The lowest BCUT2D eigenvalue weighted by molar-refractivity contribution is 0.442. The van der Waals surface area contributed by atoms with Gasteiger partial charge < -0.3 is 15.8 Å². The fourth-order valence-electron chi connectivity index (χ4n) is 1.96. The molecule has 7 heteroatoms. The second-order valence-corrected chi connectivity index (χ2v) is 7.36. The predicted octanol–water partition coefficient (Wildman–Crippen LogP) is 4.19. The summed E-state index contributed by atoms with van der Waals surface area (Å²) in [6.07, 6.45) is 4.90. The fraction of sp³-hybridized carbons (Fsp3) is 0.235. The lowest BCUT2D eigenvalue weighted by Gasteiger charge is -2.19. The number of rotatable bonds is 4. The molecule has 0 aliphatic carbocycles. The highest BCUT2D eigenvalue weighted by Gasteiger charge is 2.12. The molecule has 124 valence electrons. The molecule has 24 heavy (non-hydrogen) atoms. The van der Waals surface area contributed by atoms with Gasteiger partial charge in [0.25, 0.3) is 0 Å². The van der Waals surface area contributed by atoms with E-state index in [9.17, 15) is 0 Å². The van der Waals surface area contributed by atoms with E-state index in [2.05, 4.69) is 41.0 Å². The summed E-state index contributed by atoms with van der Waals surface area (Å²) in [6.45, 7) is 6.33. The van der Waals surface area contributed by atoms with Crippen molar-refractivity contribution in [3.63, 3.8) is 0 Å². The summed E-state index contributed by atoms with van der Waals surface area (Å²) in [5, 5.41) is 4.29. The van der Waals surface area contributed by atoms with Crippen molar-refractivity contribution in [2.24, 2.45) is 0 Å². The van der Waals surface area contributed by atoms with Crippen molar-refractivity contribution in [2.45, 2.75) is 26.3 Å². The van der Waals surface area contributed by atoms with Crippen LogP contribution in [0.4, 0.5) is 10.8 Å². The number of nitrogens with one attached hydrogen (secondary N) is 1. The number of thiazole rings is 1. The van der Waals surface area contributed by atoms with Crippen LogP contribution in [0.5, 0.6) is 11.8 Å². The highest BCUT2D eigenvalue weighted by molar-refractivity contribution is 7.18. The van der Waals surface area contributed by atoms with Crippen molar-refractivity contribution in [2.75, 3.05) is 11.1 Å². The molecular weight excluding hydrogens is 322 g/mol. The summed E-state index contributed by atoms with van der Waals surface area (Å²) in [7, 11) is 0. The van der Waals surface area contributed by atoms with Crippen molar-refractivity contribution in [1.82, 2.24) is 15.0 Å². The topological polar surface area (TPSA) is 86.0 Å². The number of aromatic nitrogens is 3. The Morgan fingerprint density at radius 1 is 1.00 bits per heavy atom. The van der Waals surface area contributed by atoms with Crippen LogP contribution in [0, 0.1) is 0 Å². The first kappa shape index (κ1) is 16.2. The first-order valence-electron chi connectivity index (χ1n) is 7.49. The number of nitrogen functional groups attached to an aromatic ring is 1. The Morgan fingerprint density at radius 2 is 1.67 bits per heavy atom. The van der Waals surface area contributed by atoms with E-state index in [1.165, 1.54) is 12.4 Å². The van der Waals surface area contributed by atoms with Gasteiger partial charge >= 0.3 is 6.01 Å². The summed E-state index contributed by atoms with van der Waals surface area (Å²) in [6, 6.07) is 8.01. The van der Waals surface area contributed by atoms with Crippen molar-refractivity contribution in [3.05, 3.63) is 42.9 Å². The molecule has 0 unspecified atom stereocenters. The van der Waals surface area contributed by atoms with Crippen LogP contribution < -0.4 is 15.8 Å². The molecule has 0 saturated heterocycles. The molecule has 0 spiro atoms. The van der Waals surface area contributed by atoms with E-state index in [4.69, 9.17) is 10.5 Å². The summed E-state index contributed by atoms with van der Waals surface area (Å²) < 4.78 is 5.59. The van der Waals surface area contributed by atoms with Crippen LogP contribution in [0.1, 0.15) is 20.8 Å². The molecule has 0 saturated carbocycles. The molecule has 6 nitrogen and oxygen atoms in total. The monoisotopic (exact) mass is 341 g/mol. The van der Waals surface area contributed by atoms with E-state index in [0.29, 0.717) is 11.4 Å². The zero-order chi connectivity index (χ0) is 17.2. The molecule has 3 N–H and O–H groups in total. The van der Waals surface area contributed by atoms with E-state index in [1.807, 2.05) is 30.5 Å². The first-order valence-corrected chi connectivity index (χ1v) is 8.30. The third-order valence-corrected chi connectivity index (χ3v) is 3.95. The molecule has 2 heterocycles. The maximum atomic E-state index is 5.59. The Bertz CT molecular complexity index is 806. The van der Waals surface area contributed by atoms with Gasteiger partial charge in [0.1, 0.15) is 5.75 Å². The van der Waals surface area contributed by atoms with E-state index in [-0.39, 0.29) is 11.5 Å². The van der Waals surface area contributed by atoms with E-state index >= 15 is 0 Å². The maximum absolute atomic E-state index is 5.59. The van der Waals surface area contributed by atoms with Gasteiger partial charge in [0.2, 0.25) is 0 Å². The van der Waals surface area contributed by atoms with Crippen molar-refractivity contribution >= 4 is 22.2 Å². The number of hydrogen-bond acceptors (Lipinski definition) is 7. The lowest BCUT2D eigenvalue weighted by Crippen LogP contribution is -2.25. The molecule has 1 aromatic carbocycles. The third-order valence-electron chi connectivity index (χ3n) is 2.98. The van der Waals surface area contributed by atoms with Gasteiger partial charge in [0, 0.05) is 11.7 Å². The van der Waals surface area contributed by atoms with Gasteiger partial charge in [0.15, 0.2) is 5.13 Å². The molecule has 0 atom stereocenters. The van der Waals surface area contributed by atoms with Crippen molar-refractivity contribution in [3.8, 4) is 22.2 Å². The standard InChI is InChI=1S/C17H19N5OS/c1-17(2,3)22-16-21-10-14(24-16)11-4-6-13(7-5-11)23-15-19-8-12(18)9-20-15/h4-10H,18H2,1-3H3,(H,21,22). The highest BCUT2D eigenvalue weighted by Crippen LogP contribution is 2.31. The minimum Gasteiger partial charge on any atom is -0.424 e. The van der Waals surface area contributed by atoms with Gasteiger partial charge in [-0.2, -0.15) is 0 Å². The largest absolute Gasteiger partial charge is 0.424 e. The van der Waals surface area contributed by atoms with Crippen molar-refractivity contribution in [1.29, 1.82) is 0 Å². The Balaban J connectivity index is 1.71. The molecule has 0 amide bonds. The zero-order valence-electron chi connectivity index (χ0n) is 13.8. The first-order chi connectivity index (χ1) is 11.4. The van der Waals surface area contributed by atoms with E-state index < -0.39 is 0 Å². The number of anilines is 2. The Labute approximate surface area is 144 Å². The molecule has 2 aromatic heterocycles. The Hall–Kier alpha value is -2.67. The average molecular weight is 341 g/mol. The fourth-order valence-corrected chi connectivity index (χ4v) is 2.99. The highest BCUT2D eigenvalue weighted by atomic mass is 32.1. The van der Waals surface area contributed by atoms with Gasteiger partial charge in [-0.3, -0.25) is 0 Å². The van der Waals surface area contributed by atoms with Gasteiger partial charge in [-0.1, -0.05) is 11.3 Å². The molecule has 0 aliphatic rings. The van der Waals surface area contributed by atoms with E-state index in [0.717, 1.165) is 15.6 Å². The van der Waals surface area contributed by atoms with Crippen LogP contribution in [-0.4, -0.2) is 20.5 Å². The molecular formula is C17H19N5OS. The predicted molar refractivity (Wildman–Crippen MR) is 97.4 cm³/mol. The molecule has 0 aliphatic heterocycles.